The van der Waals surface area contributed by atoms with Crippen LogP contribution in [-0.4, -0.2) is 31.6 Å². The van der Waals surface area contributed by atoms with Gasteiger partial charge >= 0.3 is 0 Å². The van der Waals surface area contributed by atoms with Gasteiger partial charge in [0.25, 0.3) is 0 Å². The fourth-order valence-corrected chi connectivity index (χ4v) is 1.78. The van der Waals surface area contributed by atoms with Gasteiger partial charge in [0, 0.05) is 6.42 Å². The third-order valence-corrected chi connectivity index (χ3v) is 2.48. The molecule has 0 aromatic carbocycles. The molecule has 0 amide bonds. The van der Waals surface area contributed by atoms with Crippen LogP contribution in [0.4, 0.5) is 0 Å². The van der Waals surface area contributed by atoms with Crippen molar-refractivity contribution in [3.8, 4) is 0 Å². The van der Waals surface area contributed by atoms with Crippen molar-refractivity contribution in [3.63, 3.8) is 0 Å². The molecule has 1 fully saturated rings. The van der Waals surface area contributed by atoms with E-state index in [1.54, 1.807) is 0 Å². The van der Waals surface area contributed by atoms with Gasteiger partial charge in [-0.1, -0.05) is 0 Å². The Balaban J connectivity index is 1.82. The molecule has 0 bridgehead atoms. The first-order chi connectivity index (χ1) is 5.84. The van der Waals surface area contributed by atoms with E-state index in [9.17, 15) is 0 Å². The van der Waals surface area contributed by atoms with Crippen LogP contribution in [0.2, 0.25) is 0 Å². The lowest BCUT2D eigenvalue weighted by Gasteiger charge is -2.06. The van der Waals surface area contributed by atoms with Crippen molar-refractivity contribution >= 4 is 5.90 Å². The molecule has 0 aliphatic carbocycles. The van der Waals surface area contributed by atoms with Crippen molar-refractivity contribution in [2.75, 3.05) is 19.7 Å². The zero-order valence-electron chi connectivity index (χ0n) is 7.55. The molecule has 12 heavy (non-hydrogen) atoms. The summed E-state index contributed by atoms with van der Waals surface area (Å²) in [6, 6.07) is 0.384. The highest BCUT2D eigenvalue weighted by Crippen LogP contribution is 2.16. The Morgan fingerprint density at radius 2 is 2.58 bits per heavy atom. The van der Waals surface area contributed by atoms with Crippen LogP contribution < -0.4 is 5.32 Å². The van der Waals surface area contributed by atoms with Gasteiger partial charge in [0.2, 0.25) is 0 Å². The third kappa shape index (κ3) is 1.78. The van der Waals surface area contributed by atoms with Crippen molar-refractivity contribution < 1.29 is 4.74 Å². The fourth-order valence-electron chi connectivity index (χ4n) is 1.78. The maximum atomic E-state index is 5.45. The summed E-state index contributed by atoms with van der Waals surface area (Å²) in [6.45, 7) is 5.18. The largest absolute Gasteiger partial charge is 0.479 e. The van der Waals surface area contributed by atoms with Crippen LogP contribution in [-0.2, 0) is 4.74 Å². The lowest BCUT2D eigenvalue weighted by atomic mass is 10.1. The van der Waals surface area contributed by atoms with Crippen LogP contribution in [0.25, 0.3) is 0 Å². The van der Waals surface area contributed by atoms with Crippen LogP contribution in [0.5, 0.6) is 0 Å². The SMILES string of the molecule is CC1COC(CC2CCNC2)=N1. The quantitative estimate of drug-likeness (QED) is 0.661. The van der Waals surface area contributed by atoms with E-state index in [1.807, 2.05) is 0 Å². The Labute approximate surface area is 73.2 Å². The summed E-state index contributed by atoms with van der Waals surface area (Å²) in [4.78, 5) is 4.42. The summed E-state index contributed by atoms with van der Waals surface area (Å²) in [5, 5.41) is 3.35. The summed E-state index contributed by atoms with van der Waals surface area (Å²) < 4.78 is 5.45. The minimum atomic E-state index is 0.384. The molecule has 0 aromatic rings. The summed E-state index contributed by atoms with van der Waals surface area (Å²) in [5.74, 6) is 1.74. The smallest absolute Gasteiger partial charge is 0.183 e. The molecule has 2 rings (SSSR count). The second-order valence-corrected chi connectivity index (χ2v) is 3.75. The number of aliphatic imine (C=N–C) groups is 1. The van der Waals surface area contributed by atoms with Gasteiger partial charge in [-0.2, -0.15) is 0 Å². The molecule has 3 heteroatoms. The predicted molar refractivity (Wildman–Crippen MR) is 48.4 cm³/mol. The van der Waals surface area contributed by atoms with Crippen LogP contribution in [0.1, 0.15) is 19.8 Å². The number of rotatable bonds is 2. The van der Waals surface area contributed by atoms with Crippen molar-refractivity contribution in [2.24, 2.45) is 10.9 Å². The highest BCUT2D eigenvalue weighted by Gasteiger charge is 2.21. The van der Waals surface area contributed by atoms with Crippen molar-refractivity contribution in [3.05, 3.63) is 0 Å². The molecule has 68 valence electrons. The molecule has 2 aliphatic heterocycles. The molecule has 2 atom stereocenters. The molecule has 1 saturated heterocycles. The topological polar surface area (TPSA) is 33.6 Å². The van der Waals surface area contributed by atoms with Crippen molar-refractivity contribution in [2.45, 2.75) is 25.8 Å². The zero-order valence-corrected chi connectivity index (χ0v) is 7.55. The summed E-state index contributed by atoms with van der Waals surface area (Å²) in [7, 11) is 0. The van der Waals surface area contributed by atoms with Crippen molar-refractivity contribution in [1.82, 2.24) is 5.32 Å². The normalized spacial score (nSPS) is 34.9. The number of hydrogen-bond acceptors (Lipinski definition) is 3. The maximum absolute atomic E-state index is 5.45. The molecule has 2 unspecified atom stereocenters. The van der Waals surface area contributed by atoms with Gasteiger partial charge in [0.05, 0.1) is 6.04 Å². The van der Waals surface area contributed by atoms with E-state index in [4.69, 9.17) is 4.74 Å². The van der Waals surface area contributed by atoms with Crippen molar-refractivity contribution in [1.29, 1.82) is 0 Å². The molecular formula is C9H16N2O. The molecular weight excluding hydrogens is 152 g/mol. The lowest BCUT2D eigenvalue weighted by Crippen LogP contribution is -2.12. The second kappa shape index (κ2) is 3.44. The minimum Gasteiger partial charge on any atom is -0.479 e. The van der Waals surface area contributed by atoms with E-state index in [0.717, 1.165) is 37.9 Å². The van der Waals surface area contributed by atoms with Gasteiger partial charge in [-0.25, -0.2) is 4.99 Å². The third-order valence-electron chi connectivity index (χ3n) is 2.48. The van der Waals surface area contributed by atoms with Crippen LogP contribution >= 0.6 is 0 Å². The monoisotopic (exact) mass is 168 g/mol. The fraction of sp³-hybridized carbons (Fsp3) is 0.889. The highest BCUT2D eigenvalue weighted by atomic mass is 16.5. The molecule has 0 aromatic heterocycles. The van der Waals surface area contributed by atoms with E-state index in [0.29, 0.717) is 6.04 Å². The summed E-state index contributed by atoms with van der Waals surface area (Å²) in [5.41, 5.74) is 0. The van der Waals surface area contributed by atoms with E-state index < -0.39 is 0 Å². The van der Waals surface area contributed by atoms with Gasteiger partial charge in [-0.15, -0.1) is 0 Å². The number of nitrogens with zero attached hydrogens (tertiary/aromatic N) is 1. The van der Waals surface area contributed by atoms with Crippen LogP contribution in [0, 0.1) is 5.92 Å². The van der Waals surface area contributed by atoms with E-state index in [-0.39, 0.29) is 0 Å². The maximum Gasteiger partial charge on any atom is 0.183 e. The highest BCUT2D eigenvalue weighted by molar-refractivity contribution is 5.77. The van der Waals surface area contributed by atoms with E-state index >= 15 is 0 Å². The van der Waals surface area contributed by atoms with Gasteiger partial charge in [-0.05, 0) is 32.4 Å². The van der Waals surface area contributed by atoms with Crippen LogP contribution in [0.15, 0.2) is 4.99 Å². The zero-order chi connectivity index (χ0) is 8.39. The predicted octanol–water partition coefficient (Wildman–Crippen LogP) is 0.803. The van der Waals surface area contributed by atoms with Gasteiger partial charge < -0.3 is 10.1 Å². The second-order valence-electron chi connectivity index (χ2n) is 3.75. The molecule has 0 radical (unpaired) electrons. The number of nitrogens with one attached hydrogen (secondary N) is 1. The lowest BCUT2D eigenvalue weighted by molar-refractivity contribution is 0.309. The first-order valence-electron chi connectivity index (χ1n) is 4.75. The Bertz CT molecular complexity index is 185. The summed E-state index contributed by atoms with van der Waals surface area (Å²) in [6.07, 6.45) is 2.31. The van der Waals surface area contributed by atoms with Gasteiger partial charge in [0.15, 0.2) is 5.90 Å². The first-order valence-corrected chi connectivity index (χ1v) is 4.75. The Morgan fingerprint density at radius 1 is 1.67 bits per heavy atom. The standard InChI is InChI=1S/C9H16N2O/c1-7-6-12-9(11-7)4-8-2-3-10-5-8/h7-8,10H,2-6H2,1H3. The summed E-state index contributed by atoms with van der Waals surface area (Å²) >= 11 is 0. The molecule has 0 saturated carbocycles. The minimum absolute atomic E-state index is 0.384. The van der Waals surface area contributed by atoms with Gasteiger partial charge in [-0.3, -0.25) is 0 Å². The van der Waals surface area contributed by atoms with Gasteiger partial charge in [0.1, 0.15) is 6.61 Å². The molecule has 3 nitrogen and oxygen atoms in total. The molecule has 2 aliphatic rings. The van der Waals surface area contributed by atoms with E-state index in [1.165, 1.54) is 6.42 Å². The Hall–Kier alpha value is -0.570. The average molecular weight is 168 g/mol. The molecule has 1 N–H and O–H groups in total. The Kier molecular flexibility index (Phi) is 2.30. The number of ether oxygens (including phenoxy) is 1. The molecule has 2 heterocycles. The molecule has 0 spiro atoms. The Morgan fingerprint density at radius 3 is 3.17 bits per heavy atom. The van der Waals surface area contributed by atoms with Crippen LogP contribution in [0.3, 0.4) is 0 Å². The first kappa shape index (κ1) is 8.05. The number of hydrogen-bond donors (Lipinski definition) is 1. The van der Waals surface area contributed by atoms with E-state index in [2.05, 4.69) is 17.2 Å². The average Bonchev–Trinajstić information content (AvgIpc) is 2.63.